The lowest BCUT2D eigenvalue weighted by molar-refractivity contribution is -0.108. The van der Waals surface area contributed by atoms with Crippen LogP contribution < -0.4 is 0 Å². The first kappa shape index (κ1) is 40.2. The van der Waals surface area contributed by atoms with Gasteiger partial charge in [-0.3, -0.25) is 9.59 Å². The number of hydrogen-bond acceptors (Lipinski definition) is 6. The van der Waals surface area contributed by atoms with Gasteiger partial charge in [-0.2, -0.15) is 0 Å². The van der Waals surface area contributed by atoms with Crippen LogP contribution in [0, 0.1) is 23.7 Å². The molecule has 0 bridgehead atoms. The van der Waals surface area contributed by atoms with Gasteiger partial charge in [-0.05, 0) is 149 Å². The number of benzene rings is 2. The minimum Gasteiger partial charge on any atom is -0.395 e. The van der Waals surface area contributed by atoms with Crippen molar-refractivity contribution in [3.05, 3.63) is 70.0 Å². The average Bonchev–Trinajstić information content (AvgIpc) is 3.70. The first-order valence-electron chi connectivity index (χ1n) is 21.3. The number of carbonyl (C=O) groups excluding carboxylic acids is 3. The number of nitrogens with zero attached hydrogens (tertiary/aromatic N) is 4. The van der Waals surface area contributed by atoms with Crippen LogP contribution in [0.5, 0.6) is 0 Å². The van der Waals surface area contributed by atoms with Crippen molar-refractivity contribution in [3.8, 4) is 0 Å². The van der Waals surface area contributed by atoms with Crippen molar-refractivity contribution in [2.45, 2.75) is 78.1 Å². The molecule has 10 heteroatoms. The summed E-state index contributed by atoms with van der Waals surface area (Å²) in [6, 6.07) is 12.1. The molecule has 4 aliphatic rings. The van der Waals surface area contributed by atoms with E-state index < -0.39 is 0 Å². The third kappa shape index (κ3) is 8.07. The fraction of sp³-hybridized carbons (Fsp3) is 0.587. The molecule has 4 heterocycles. The number of likely N-dealkylation sites (N-methyl/N-ethyl adjacent to an activating group) is 2. The summed E-state index contributed by atoms with van der Waals surface area (Å²) < 4.78 is 15.8. The van der Waals surface area contributed by atoms with Crippen LogP contribution in [0.15, 0.2) is 36.4 Å². The molecule has 0 radical (unpaired) electrons. The van der Waals surface area contributed by atoms with Gasteiger partial charge in [0, 0.05) is 104 Å². The number of aryl methyl sites for hydroxylation is 2. The molecule has 4 aromatic rings. The van der Waals surface area contributed by atoms with Gasteiger partial charge in [0.25, 0.3) is 11.8 Å². The molecule has 56 heavy (non-hydrogen) atoms. The maximum atomic E-state index is 12.9. The van der Waals surface area contributed by atoms with E-state index in [1.165, 1.54) is 82.8 Å². The Morgan fingerprint density at radius 2 is 1.14 bits per heavy atom. The molecule has 0 spiro atoms. The van der Waals surface area contributed by atoms with Gasteiger partial charge in [-0.15, -0.1) is 0 Å². The molecule has 2 aromatic carbocycles. The molecule has 2 aliphatic carbocycles. The van der Waals surface area contributed by atoms with Crippen molar-refractivity contribution in [2.24, 2.45) is 37.8 Å². The second kappa shape index (κ2) is 18.1. The Kier molecular flexibility index (Phi) is 13.0. The second-order valence-corrected chi connectivity index (χ2v) is 16.5. The molecule has 2 unspecified atom stereocenters. The molecule has 0 saturated carbocycles. The number of carbonyl (C=O) groups is 3. The highest BCUT2D eigenvalue weighted by Crippen LogP contribution is 2.41. The fourth-order valence-corrected chi connectivity index (χ4v) is 10.4. The molecule has 2 amide bonds. The summed E-state index contributed by atoms with van der Waals surface area (Å²) in [5.74, 6) is 2.90. The van der Waals surface area contributed by atoms with E-state index in [1.54, 1.807) is 9.80 Å². The Morgan fingerprint density at radius 3 is 1.55 bits per heavy atom. The molecule has 302 valence electrons. The maximum absolute atomic E-state index is 12.9. The molecular formula is C46H62N4O6. The molecular weight excluding hydrogens is 705 g/mol. The zero-order chi connectivity index (χ0) is 39.3. The summed E-state index contributed by atoms with van der Waals surface area (Å²) in [6.45, 7) is 9.12. The number of aliphatic hydroxyl groups excluding tert-OH is 1. The van der Waals surface area contributed by atoms with Crippen molar-refractivity contribution < 1.29 is 29.0 Å². The van der Waals surface area contributed by atoms with E-state index >= 15 is 0 Å². The number of fused-ring (bicyclic) bond motifs is 6. The van der Waals surface area contributed by atoms with E-state index in [-0.39, 0.29) is 25.0 Å². The van der Waals surface area contributed by atoms with Crippen molar-refractivity contribution in [1.29, 1.82) is 0 Å². The van der Waals surface area contributed by atoms with Crippen LogP contribution in [0.4, 0.5) is 0 Å². The monoisotopic (exact) mass is 766 g/mol. The van der Waals surface area contributed by atoms with E-state index in [2.05, 4.69) is 47.5 Å². The lowest BCUT2D eigenvalue weighted by Gasteiger charge is -2.33. The topological polar surface area (TPSA) is 106 Å². The molecule has 8 rings (SSSR count). The summed E-state index contributed by atoms with van der Waals surface area (Å²) in [7, 11) is 4.30. The highest BCUT2D eigenvalue weighted by molar-refractivity contribution is 6.00. The molecule has 2 fully saturated rings. The zero-order valence-electron chi connectivity index (χ0n) is 34.1. The number of amides is 2. The van der Waals surface area contributed by atoms with E-state index in [0.717, 1.165) is 81.7 Å². The first-order chi connectivity index (χ1) is 27.3. The Morgan fingerprint density at radius 1 is 0.696 bits per heavy atom. The normalized spacial score (nSPS) is 20.2. The van der Waals surface area contributed by atoms with Crippen molar-refractivity contribution in [2.75, 3.05) is 59.2 Å². The minimum absolute atomic E-state index is 0.00462. The van der Waals surface area contributed by atoms with E-state index in [4.69, 9.17) is 9.47 Å². The van der Waals surface area contributed by atoms with Crippen LogP contribution >= 0.6 is 0 Å². The lowest BCUT2D eigenvalue weighted by atomic mass is 9.75. The van der Waals surface area contributed by atoms with Crippen molar-refractivity contribution >= 4 is 39.9 Å². The van der Waals surface area contributed by atoms with Gasteiger partial charge in [-0.1, -0.05) is 0 Å². The second-order valence-electron chi connectivity index (χ2n) is 16.5. The first-order valence-corrected chi connectivity index (χ1v) is 21.3. The largest absolute Gasteiger partial charge is 0.395 e. The smallest absolute Gasteiger partial charge is 0.254 e. The predicted octanol–water partition coefficient (Wildman–Crippen LogP) is 6.54. The van der Waals surface area contributed by atoms with Crippen LogP contribution in [0.25, 0.3) is 21.8 Å². The minimum atomic E-state index is -0.0640. The lowest BCUT2D eigenvalue weighted by Crippen LogP contribution is -2.33. The summed E-state index contributed by atoms with van der Waals surface area (Å²) in [4.78, 5) is 39.9. The van der Waals surface area contributed by atoms with Crippen LogP contribution in [-0.4, -0.2) is 101 Å². The van der Waals surface area contributed by atoms with Crippen LogP contribution in [0.2, 0.25) is 0 Å². The van der Waals surface area contributed by atoms with Crippen LogP contribution in [0.1, 0.15) is 95.6 Å². The maximum Gasteiger partial charge on any atom is 0.254 e. The van der Waals surface area contributed by atoms with E-state index in [9.17, 15) is 19.5 Å². The molecule has 10 nitrogen and oxygen atoms in total. The third-order valence-corrected chi connectivity index (χ3v) is 13.7. The highest BCUT2D eigenvalue weighted by Gasteiger charge is 2.33. The summed E-state index contributed by atoms with van der Waals surface area (Å²) in [6.07, 6.45) is 12.5. The molecule has 1 N–H and O–H groups in total. The Labute approximate surface area is 332 Å². The Hall–Kier alpha value is -3.99. The van der Waals surface area contributed by atoms with Gasteiger partial charge in [0.1, 0.15) is 6.29 Å². The predicted molar refractivity (Wildman–Crippen MR) is 220 cm³/mol. The summed E-state index contributed by atoms with van der Waals surface area (Å²) in [5.41, 5.74) is 9.55. The Bertz CT molecular complexity index is 2020. The van der Waals surface area contributed by atoms with Gasteiger partial charge in [-0.25, -0.2) is 0 Å². The Balaban J connectivity index is 0.000000172. The van der Waals surface area contributed by atoms with E-state index in [1.807, 2.05) is 26.0 Å². The zero-order valence-corrected chi connectivity index (χ0v) is 34.1. The van der Waals surface area contributed by atoms with Gasteiger partial charge >= 0.3 is 0 Å². The number of hydrogen-bond donors (Lipinski definition) is 1. The van der Waals surface area contributed by atoms with Crippen molar-refractivity contribution in [3.63, 3.8) is 0 Å². The van der Waals surface area contributed by atoms with Gasteiger partial charge in [0.05, 0.1) is 13.2 Å². The average molecular weight is 767 g/mol. The quantitative estimate of drug-likeness (QED) is 0.184. The fourth-order valence-electron chi connectivity index (χ4n) is 10.4. The number of rotatable bonds is 10. The SMILES string of the molecule is CCN(CC=O)C(=O)c1ccc2c(c1)c1c(n2C)CCC(C2CCOCC2)C1.CCN(CCO)C(=O)c1ccc2c(c1)c1c(n2C)CCC(C2CCOCC2)C1. The number of aromatic nitrogens is 2. The number of aldehydes is 1. The van der Waals surface area contributed by atoms with Crippen molar-refractivity contribution in [1.82, 2.24) is 18.9 Å². The van der Waals surface area contributed by atoms with Gasteiger partial charge in [0.15, 0.2) is 0 Å². The molecule has 2 aromatic heterocycles. The third-order valence-electron chi connectivity index (χ3n) is 13.7. The molecule has 2 atom stereocenters. The van der Waals surface area contributed by atoms with Crippen LogP contribution in [0.3, 0.4) is 0 Å². The highest BCUT2D eigenvalue weighted by atomic mass is 16.5. The number of aliphatic hydroxyl groups is 1. The van der Waals surface area contributed by atoms with Gasteiger partial charge < -0.3 is 38.3 Å². The summed E-state index contributed by atoms with van der Waals surface area (Å²) in [5, 5.41) is 11.7. The number of ether oxygens (including phenoxy) is 2. The molecule has 2 saturated heterocycles. The molecule has 2 aliphatic heterocycles. The summed E-state index contributed by atoms with van der Waals surface area (Å²) >= 11 is 0. The van der Waals surface area contributed by atoms with Gasteiger partial charge in [0.2, 0.25) is 0 Å². The standard InChI is InChI=1S/C23H32N2O3.C23H30N2O3/c2*1-3-25(10-11-26)23(27)18-5-7-22-20(15-18)19-14-17(4-6-21(19)24(22)2)16-8-12-28-13-9-16/h5,7,15-17,26H,3-4,6,8-14H2,1-2H3;5,7,11,15-17H,3-4,6,8-10,12-14H2,1-2H3. The van der Waals surface area contributed by atoms with E-state index in [0.29, 0.717) is 31.1 Å². The van der Waals surface area contributed by atoms with Crippen LogP contribution in [-0.2, 0) is 54.0 Å².